The molecule has 0 heterocycles. The number of hydrogen-bond donors (Lipinski definition) is 2. The van der Waals surface area contributed by atoms with Crippen LogP contribution in [-0.4, -0.2) is 18.0 Å². The molecule has 1 saturated carbocycles. The van der Waals surface area contributed by atoms with Crippen LogP contribution in [0.15, 0.2) is 0 Å². The molecule has 1 rings (SSSR count). The Balaban J connectivity index is 2.67. The van der Waals surface area contributed by atoms with Gasteiger partial charge in [-0.1, -0.05) is 40.0 Å². The summed E-state index contributed by atoms with van der Waals surface area (Å²) in [6.07, 6.45) is 5.34. The Kier molecular flexibility index (Phi) is 4.78. The zero-order valence-corrected chi connectivity index (χ0v) is 10.9. The van der Waals surface area contributed by atoms with Crippen molar-refractivity contribution in [3.05, 3.63) is 0 Å². The van der Waals surface area contributed by atoms with Gasteiger partial charge in [0.25, 0.3) is 0 Å². The summed E-state index contributed by atoms with van der Waals surface area (Å²) in [5.74, 6) is 1.05. The first-order chi connectivity index (χ1) is 7.50. The Hall–Kier alpha value is -0.570. The smallest absolute Gasteiger partial charge is 0.237 e. The molecule has 3 N–H and O–H groups in total. The van der Waals surface area contributed by atoms with Crippen LogP contribution in [0.1, 0.15) is 52.9 Å². The average Bonchev–Trinajstić information content (AvgIpc) is 2.26. The highest BCUT2D eigenvalue weighted by Crippen LogP contribution is 2.34. The molecule has 16 heavy (non-hydrogen) atoms. The van der Waals surface area contributed by atoms with Gasteiger partial charge in [-0.3, -0.25) is 4.79 Å². The number of nitrogens with two attached hydrogens (primary N) is 1. The summed E-state index contributed by atoms with van der Waals surface area (Å²) < 4.78 is 0. The van der Waals surface area contributed by atoms with Crippen LogP contribution < -0.4 is 11.1 Å². The molecule has 0 aliphatic heterocycles. The van der Waals surface area contributed by atoms with Crippen LogP contribution in [0.25, 0.3) is 0 Å². The van der Waals surface area contributed by atoms with Crippen LogP contribution in [0, 0.1) is 11.8 Å². The minimum absolute atomic E-state index is 0.161. The fraction of sp³-hybridized carbons (Fsp3) is 0.923. The van der Waals surface area contributed by atoms with Crippen LogP contribution in [0.4, 0.5) is 0 Å². The topological polar surface area (TPSA) is 55.1 Å². The van der Waals surface area contributed by atoms with Gasteiger partial charge in [0.1, 0.15) is 0 Å². The molecule has 94 valence electrons. The van der Waals surface area contributed by atoms with E-state index in [0.717, 1.165) is 32.2 Å². The first-order valence-electron chi connectivity index (χ1n) is 6.55. The van der Waals surface area contributed by atoms with Crippen molar-refractivity contribution in [2.45, 2.75) is 58.4 Å². The molecule has 0 saturated heterocycles. The average molecular weight is 226 g/mol. The zero-order chi connectivity index (χ0) is 12.2. The zero-order valence-electron chi connectivity index (χ0n) is 10.9. The van der Waals surface area contributed by atoms with E-state index >= 15 is 0 Å². The van der Waals surface area contributed by atoms with Crippen LogP contribution in [0.5, 0.6) is 0 Å². The van der Waals surface area contributed by atoms with Crippen molar-refractivity contribution in [1.82, 2.24) is 5.32 Å². The van der Waals surface area contributed by atoms with Crippen molar-refractivity contribution in [2.75, 3.05) is 6.54 Å². The summed E-state index contributed by atoms with van der Waals surface area (Å²) in [5, 5.41) is 3.42. The van der Waals surface area contributed by atoms with Crippen molar-refractivity contribution < 1.29 is 4.79 Å². The van der Waals surface area contributed by atoms with Crippen molar-refractivity contribution in [2.24, 2.45) is 17.6 Å². The second-order valence-corrected chi connectivity index (χ2v) is 5.59. The Labute approximate surface area is 99.2 Å². The first-order valence-corrected chi connectivity index (χ1v) is 6.55. The molecular formula is C13H26N2O. The molecule has 1 aliphatic carbocycles. The van der Waals surface area contributed by atoms with E-state index in [9.17, 15) is 4.79 Å². The monoisotopic (exact) mass is 226 g/mol. The van der Waals surface area contributed by atoms with Gasteiger partial charge in [-0.15, -0.1) is 0 Å². The van der Waals surface area contributed by atoms with Gasteiger partial charge in [-0.05, 0) is 31.2 Å². The predicted octanol–water partition coefficient (Wildman–Crippen LogP) is 2.06. The van der Waals surface area contributed by atoms with Crippen LogP contribution >= 0.6 is 0 Å². The van der Waals surface area contributed by atoms with E-state index in [0.29, 0.717) is 11.8 Å². The third-order valence-electron chi connectivity index (χ3n) is 3.75. The molecule has 0 spiro atoms. The Morgan fingerprint density at radius 2 is 2.25 bits per heavy atom. The maximum atomic E-state index is 11.7. The van der Waals surface area contributed by atoms with Gasteiger partial charge in [0, 0.05) is 0 Å². The molecule has 3 nitrogen and oxygen atoms in total. The van der Waals surface area contributed by atoms with Crippen molar-refractivity contribution >= 4 is 5.91 Å². The quantitative estimate of drug-likeness (QED) is 0.754. The minimum Gasteiger partial charge on any atom is -0.368 e. The van der Waals surface area contributed by atoms with Gasteiger partial charge in [-0.2, -0.15) is 0 Å². The fourth-order valence-corrected chi connectivity index (χ4v) is 2.61. The molecule has 1 amide bonds. The summed E-state index contributed by atoms with van der Waals surface area (Å²) in [7, 11) is 0. The highest BCUT2D eigenvalue weighted by molar-refractivity contribution is 5.84. The summed E-state index contributed by atoms with van der Waals surface area (Å²) >= 11 is 0. The van der Waals surface area contributed by atoms with Gasteiger partial charge in [0.05, 0.1) is 5.54 Å². The van der Waals surface area contributed by atoms with Crippen molar-refractivity contribution in [1.29, 1.82) is 0 Å². The summed E-state index contributed by atoms with van der Waals surface area (Å²) in [5.41, 5.74) is 5.18. The Morgan fingerprint density at radius 1 is 1.56 bits per heavy atom. The lowest BCUT2D eigenvalue weighted by molar-refractivity contribution is -0.126. The van der Waals surface area contributed by atoms with E-state index in [1.807, 2.05) is 0 Å². The van der Waals surface area contributed by atoms with Crippen LogP contribution in [0.2, 0.25) is 0 Å². The van der Waals surface area contributed by atoms with E-state index in [-0.39, 0.29) is 5.91 Å². The molecule has 1 aliphatic rings. The number of rotatable bonds is 5. The molecule has 0 aromatic carbocycles. The lowest BCUT2D eigenvalue weighted by Gasteiger charge is -2.39. The SMILES string of the molecule is CCC1CCCC(NCC(C)C)(C(N)=O)C1. The maximum absolute atomic E-state index is 11.7. The molecule has 3 heteroatoms. The number of carbonyl (C=O) groups excluding carboxylic acids is 1. The number of primary amides is 1. The van der Waals surface area contributed by atoms with Gasteiger partial charge >= 0.3 is 0 Å². The Morgan fingerprint density at radius 3 is 2.75 bits per heavy atom. The number of amides is 1. The highest BCUT2D eigenvalue weighted by Gasteiger charge is 2.40. The summed E-state index contributed by atoms with van der Waals surface area (Å²) in [6, 6.07) is 0. The largest absolute Gasteiger partial charge is 0.368 e. The first kappa shape index (κ1) is 13.5. The van der Waals surface area contributed by atoms with Gasteiger partial charge in [0.15, 0.2) is 0 Å². The van der Waals surface area contributed by atoms with Crippen molar-refractivity contribution in [3.63, 3.8) is 0 Å². The third kappa shape index (κ3) is 3.21. The molecule has 1 fully saturated rings. The van der Waals surface area contributed by atoms with Gasteiger partial charge < -0.3 is 11.1 Å². The van der Waals surface area contributed by atoms with Crippen molar-refractivity contribution in [3.8, 4) is 0 Å². The number of nitrogens with one attached hydrogen (secondary N) is 1. The number of hydrogen-bond acceptors (Lipinski definition) is 2. The molecule has 0 bridgehead atoms. The van der Waals surface area contributed by atoms with E-state index in [2.05, 4.69) is 26.1 Å². The second kappa shape index (κ2) is 5.67. The molecule has 0 aromatic rings. The lowest BCUT2D eigenvalue weighted by atomic mass is 9.74. The molecule has 0 aromatic heterocycles. The molecule has 2 atom stereocenters. The highest BCUT2D eigenvalue weighted by atomic mass is 16.1. The fourth-order valence-electron chi connectivity index (χ4n) is 2.61. The molecule has 0 radical (unpaired) electrons. The van der Waals surface area contributed by atoms with E-state index in [4.69, 9.17) is 5.73 Å². The third-order valence-corrected chi connectivity index (χ3v) is 3.75. The van der Waals surface area contributed by atoms with E-state index in [1.54, 1.807) is 0 Å². The molecule has 2 unspecified atom stereocenters. The Bertz CT molecular complexity index is 240. The number of carbonyl (C=O) groups is 1. The lowest BCUT2D eigenvalue weighted by Crippen LogP contribution is -2.58. The summed E-state index contributed by atoms with van der Waals surface area (Å²) in [6.45, 7) is 7.38. The van der Waals surface area contributed by atoms with Gasteiger partial charge in [0.2, 0.25) is 5.91 Å². The standard InChI is InChI=1S/C13H26N2O/c1-4-11-6-5-7-13(8-11,12(14)16)15-9-10(2)3/h10-11,15H,4-9H2,1-3H3,(H2,14,16). The van der Waals surface area contributed by atoms with Crippen LogP contribution in [0.3, 0.4) is 0 Å². The van der Waals surface area contributed by atoms with E-state index < -0.39 is 5.54 Å². The normalized spacial score (nSPS) is 30.6. The van der Waals surface area contributed by atoms with Gasteiger partial charge in [-0.25, -0.2) is 0 Å². The molecular weight excluding hydrogens is 200 g/mol. The summed E-state index contributed by atoms with van der Waals surface area (Å²) in [4.78, 5) is 11.7. The maximum Gasteiger partial charge on any atom is 0.237 e. The predicted molar refractivity (Wildman–Crippen MR) is 67.0 cm³/mol. The van der Waals surface area contributed by atoms with Crippen LogP contribution in [-0.2, 0) is 4.79 Å². The van der Waals surface area contributed by atoms with E-state index in [1.165, 1.54) is 6.42 Å². The second-order valence-electron chi connectivity index (χ2n) is 5.59. The minimum atomic E-state index is -0.427.